The van der Waals surface area contributed by atoms with E-state index in [9.17, 15) is 0 Å². The second-order valence-electron chi connectivity index (χ2n) is 4.02. The fraction of sp³-hybridized carbons (Fsp3) is 0.231. The van der Waals surface area contributed by atoms with E-state index in [1.165, 1.54) is 5.69 Å². The molecule has 0 radical (unpaired) electrons. The number of aromatic nitrogens is 2. The van der Waals surface area contributed by atoms with Gasteiger partial charge in [-0.05, 0) is 24.3 Å². The van der Waals surface area contributed by atoms with Crippen LogP contribution in [0.1, 0.15) is 11.6 Å². The average Bonchev–Trinajstić information content (AvgIpc) is 2.28. The maximum Gasteiger partial charge on any atom is 0.0889 e. The average molecular weight is 248 g/mol. The molecule has 4 heteroatoms. The molecule has 0 spiro atoms. The zero-order valence-electron chi connectivity index (χ0n) is 9.34. The number of rotatable bonds is 2. The van der Waals surface area contributed by atoms with Gasteiger partial charge in [-0.15, -0.1) is 12.4 Å². The predicted octanol–water partition coefficient (Wildman–Crippen LogP) is 2.25. The van der Waals surface area contributed by atoms with Crippen molar-refractivity contribution in [2.75, 3.05) is 13.1 Å². The zero-order valence-corrected chi connectivity index (χ0v) is 10.2. The fourth-order valence-corrected chi connectivity index (χ4v) is 1.83. The summed E-state index contributed by atoms with van der Waals surface area (Å²) in [6.07, 6.45) is 1.80. The number of hydrogen-bond donors (Lipinski definition) is 1. The fourth-order valence-electron chi connectivity index (χ4n) is 1.83. The molecule has 3 heterocycles. The summed E-state index contributed by atoms with van der Waals surface area (Å²) in [4.78, 5) is 8.98. The first-order valence-electron chi connectivity index (χ1n) is 5.52. The van der Waals surface area contributed by atoms with Gasteiger partial charge in [-0.25, -0.2) is 0 Å². The molecule has 0 bridgehead atoms. The summed E-state index contributed by atoms with van der Waals surface area (Å²) in [6.45, 7) is 2.08. The van der Waals surface area contributed by atoms with Crippen molar-refractivity contribution in [3.05, 3.63) is 48.3 Å². The Kier molecular flexibility index (Phi) is 3.71. The molecule has 1 aliphatic rings. The zero-order chi connectivity index (χ0) is 10.8. The van der Waals surface area contributed by atoms with Crippen LogP contribution in [0.3, 0.4) is 0 Å². The predicted molar refractivity (Wildman–Crippen MR) is 70.3 cm³/mol. The molecule has 1 fully saturated rings. The van der Waals surface area contributed by atoms with Crippen molar-refractivity contribution < 1.29 is 0 Å². The summed E-state index contributed by atoms with van der Waals surface area (Å²) in [7, 11) is 0. The highest BCUT2D eigenvalue weighted by atomic mass is 35.5. The number of pyridine rings is 2. The highest BCUT2D eigenvalue weighted by Crippen LogP contribution is 2.21. The van der Waals surface area contributed by atoms with Gasteiger partial charge in [0.15, 0.2) is 0 Å². The van der Waals surface area contributed by atoms with Crippen molar-refractivity contribution in [3.63, 3.8) is 0 Å². The minimum atomic E-state index is 0. The molecular weight excluding hydrogens is 234 g/mol. The van der Waals surface area contributed by atoms with E-state index in [0.717, 1.165) is 24.5 Å². The van der Waals surface area contributed by atoms with Crippen molar-refractivity contribution in [1.82, 2.24) is 15.3 Å². The highest BCUT2D eigenvalue weighted by molar-refractivity contribution is 5.85. The van der Waals surface area contributed by atoms with Gasteiger partial charge in [-0.2, -0.15) is 0 Å². The lowest BCUT2D eigenvalue weighted by atomic mass is 9.98. The van der Waals surface area contributed by atoms with Crippen molar-refractivity contribution in [2.24, 2.45) is 0 Å². The third-order valence-corrected chi connectivity index (χ3v) is 2.90. The third kappa shape index (κ3) is 2.46. The summed E-state index contributed by atoms with van der Waals surface area (Å²) in [6, 6.07) is 12.1. The van der Waals surface area contributed by atoms with Gasteiger partial charge in [-0.1, -0.05) is 12.1 Å². The molecule has 0 atom stereocenters. The molecule has 0 saturated carbocycles. The van der Waals surface area contributed by atoms with Crippen LogP contribution in [-0.2, 0) is 0 Å². The van der Waals surface area contributed by atoms with E-state index in [1.807, 2.05) is 24.3 Å². The second kappa shape index (κ2) is 5.25. The monoisotopic (exact) mass is 247 g/mol. The Morgan fingerprint density at radius 1 is 1.00 bits per heavy atom. The van der Waals surface area contributed by atoms with Gasteiger partial charge in [0.1, 0.15) is 0 Å². The van der Waals surface area contributed by atoms with Gasteiger partial charge >= 0.3 is 0 Å². The van der Waals surface area contributed by atoms with Crippen LogP contribution in [0.5, 0.6) is 0 Å². The molecule has 88 valence electrons. The highest BCUT2D eigenvalue weighted by Gasteiger charge is 2.20. The molecule has 2 aromatic heterocycles. The molecule has 0 aromatic carbocycles. The van der Waals surface area contributed by atoms with E-state index in [-0.39, 0.29) is 12.4 Å². The Morgan fingerprint density at radius 3 is 2.47 bits per heavy atom. The van der Waals surface area contributed by atoms with Crippen LogP contribution in [0.15, 0.2) is 42.6 Å². The van der Waals surface area contributed by atoms with E-state index >= 15 is 0 Å². The van der Waals surface area contributed by atoms with Crippen molar-refractivity contribution in [1.29, 1.82) is 0 Å². The summed E-state index contributed by atoms with van der Waals surface area (Å²) in [5, 5.41) is 3.26. The molecular formula is C13H14ClN3. The van der Waals surface area contributed by atoms with Gasteiger partial charge in [0, 0.05) is 30.9 Å². The maximum absolute atomic E-state index is 4.66. The Morgan fingerprint density at radius 2 is 1.82 bits per heavy atom. The van der Waals surface area contributed by atoms with E-state index < -0.39 is 0 Å². The molecule has 1 N–H and O–H groups in total. The number of nitrogens with zero attached hydrogens (tertiary/aromatic N) is 2. The Balaban J connectivity index is 0.00000108. The molecule has 0 amide bonds. The normalized spacial score (nSPS) is 14.8. The SMILES string of the molecule is Cl.c1ccc(-c2cccc(C3CNC3)n2)nc1. The quantitative estimate of drug-likeness (QED) is 0.885. The van der Waals surface area contributed by atoms with Gasteiger partial charge < -0.3 is 5.32 Å². The third-order valence-electron chi connectivity index (χ3n) is 2.90. The molecule has 1 saturated heterocycles. The topological polar surface area (TPSA) is 37.8 Å². The lowest BCUT2D eigenvalue weighted by molar-refractivity contribution is 0.440. The number of nitrogens with one attached hydrogen (secondary N) is 1. The maximum atomic E-state index is 4.66. The van der Waals surface area contributed by atoms with E-state index in [4.69, 9.17) is 0 Å². The summed E-state index contributed by atoms with van der Waals surface area (Å²) in [5.41, 5.74) is 3.07. The van der Waals surface area contributed by atoms with Gasteiger partial charge in [0.05, 0.1) is 11.4 Å². The molecule has 3 rings (SSSR count). The van der Waals surface area contributed by atoms with Crippen LogP contribution < -0.4 is 5.32 Å². The number of halogens is 1. The smallest absolute Gasteiger partial charge is 0.0889 e. The lowest BCUT2D eigenvalue weighted by Crippen LogP contribution is -2.40. The van der Waals surface area contributed by atoms with Gasteiger partial charge in [-0.3, -0.25) is 9.97 Å². The molecule has 17 heavy (non-hydrogen) atoms. The minimum absolute atomic E-state index is 0. The van der Waals surface area contributed by atoms with Crippen molar-refractivity contribution >= 4 is 12.4 Å². The minimum Gasteiger partial charge on any atom is -0.315 e. The van der Waals surface area contributed by atoms with Crippen LogP contribution in [0, 0.1) is 0 Å². The van der Waals surface area contributed by atoms with Crippen LogP contribution in [-0.4, -0.2) is 23.1 Å². The van der Waals surface area contributed by atoms with Gasteiger partial charge in [0.2, 0.25) is 0 Å². The van der Waals surface area contributed by atoms with Crippen LogP contribution in [0.2, 0.25) is 0 Å². The van der Waals surface area contributed by atoms with Crippen LogP contribution in [0.25, 0.3) is 11.4 Å². The van der Waals surface area contributed by atoms with Crippen molar-refractivity contribution in [2.45, 2.75) is 5.92 Å². The van der Waals surface area contributed by atoms with Gasteiger partial charge in [0.25, 0.3) is 0 Å². The van der Waals surface area contributed by atoms with Crippen LogP contribution in [0.4, 0.5) is 0 Å². The number of hydrogen-bond acceptors (Lipinski definition) is 3. The first-order valence-corrected chi connectivity index (χ1v) is 5.52. The first-order chi connectivity index (χ1) is 7.93. The van der Waals surface area contributed by atoms with Crippen LogP contribution >= 0.6 is 12.4 Å². The second-order valence-corrected chi connectivity index (χ2v) is 4.02. The summed E-state index contributed by atoms with van der Waals surface area (Å²) in [5.74, 6) is 0.573. The standard InChI is InChI=1S/C13H13N3.ClH/c1-2-7-15-12(4-1)13-6-3-5-11(16-13)10-8-14-9-10;/h1-7,10,14H,8-9H2;1H. The molecule has 3 nitrogen and oxygen atoms in total. The van der Waals surface area contributed by atoms with E-state index in [1.54, 1.807) is 6.20 Å². The summed E-state index contributed by atoms with van der Waals surface area (Å²) < 4.78 is 0. The Hall–Kier alpha value is -1.45. The van der Waals surface area contributed by atoms with E-state index in [2.05, 4.69) is 27.4 Å². The van der Waals surface area contributed by atoms with Crippen molar-refractivity contribution in [3.8, 4) is 11.4 Å². The Bertz CT molecular complexity index is 483. The molecule has 2 aromatic rings. The largest absolute Gasteiger partial charge is 0.315 e. The summed E-state index contributed by atoms with van der Waals surface area (Å²) >= 11 is 0. The first kappa shape index (κ1) is 12.0. The molecule has 0 aliphatic carbocycles. The lowest BCUT2D eigenvalue weighted by Gasteiger charge is -2.26. The Labute approximate surface area is 107 Å². The van der Waals surface area contributed by atoms with E-state index in [0.29, 0.717) is 5.92 Å². The molecule has 1 aliphatic heterocycles. The molecule has 0 unspecified atom stereocenters.